The van der Waals surface area contributed by atoms with Crippen LogP contribution >= 0.6 is 0 Å². The van der Waals surface area contributed by atoms with E-state index in [1.807, 2.05) is 0 Å². The molecule has 58 valence electrons. The third-order valence-corrected chi connectivity index (χ3v) is 0. The molecule has 0 atom stereocenters. The van der Waals surface area contributed by atoms with Crippen LogP contribution < -0.4 is 14.0 Å². The van der Waals surface area contributed by atoms with Gasteiger partial charge >= 0.3 is 0 Å². The van der Waals surface area contributed by atoms with Crippen molar-refractivity contribution in [2.45, 2.75) is 0 Å². The second kappa shape index (κ2) is 11.7. The molecule has 0 aliphatic rings. The largest absolute Gasteiger partial charge is 0.412 e. The van der Waals surface area contributed by atoms with Crippen LogP contribution in [0.15, 0.2) is 0 Å². The minimum Gasteiger partial charge on any atom is -0.412 e. The first-order valence-electron chi connectivity index (χ1n) is 0.632. The summed E-state index contributed by atoms with van der Waals surface area (Å²) in [6.07, 6.45) is 0. The van der Waals surface area contributed by atoms with E-state index in [2.05, 4.69) is 0 Å². The Hall–Kier alpha value is 0.945. The molecule has 7 nitrogen and oxygen atoms in total. The molecule has 7 N–H and O–H groups in total. The summed E-state index contributed by atoms with van der Waals surface area (Å²) in [4.78, 5) is 0. The Kier molecular flexibility index (Phi) is 42.3. The normalized spacial score (nSPS) is 6.67. The third kappa shape index (κ3) is 483. The molecule has 9 heteroatoms. The number of rotatable bonds is 0. The van der Waals surface area contributed by atoms with Gasteiger partial charge in [-0.1, -0.05) is 0 Å². The van der Waals surface area contributed by atoms with Crippen LogP contribution in [0.25, 0.3) is 0 Å². The van der Waals surface area contributed by atoms with E-state index in [1.54, 1.807) is 0 Å². The second-order valence-corrected chi connectivity index (χ2v) is 1.19. The van der Waals surface area contributed by atoms with Gasteiger partial charge in [0, 0.05) is 27.7 Å². The van der Waals surface area contributed by atoms with E-state index in [4.69, 9.17) is 18.6 Å². The predicted molar refractivity (Wildman–Crippen MR) is 13.1 cm³/mol. The maximum atomic E-state index is 8.60. The van der Waals surface area contributed by atoms with Crippen molar-refractivity contribution in [1.29, 1.82) is 0 Å². The van der Waals surface area contributed by atoms with Crippen LogP contribution in [0.1, 0.15) is 0 Å². The van der Waals surface area contributed by atoms with Gasteiger partial charge in [0.15, 0.2) is 0 Å². The first-order valence-corrected chi connectivity index (χ1v) is 1.90. The standard InChI is InChI=1S/ClHO4.Hg.3H2O/c2-1(3,4)5;;;;/h(H,2,3,4,5);;3*1H2. The van der Waals surface area contributed by atoms with Crippen molar-refractivity contribution in [3.8, 4) is 0 Å². The predicted octanol–water partition coefficient (Wildman–Crippen LogP) is -6.60. The Morgan fingerprint density at radius 2 is 0.889 bits per heavy atom. The molecule has 0 aromatic rings. The summed E-state index contributed by atoms with van der Waals surface area (Å²) < 4.78 is 32.7. The van der Waals surface area contributed by atoms with Crippen molar-refractivity contribution >= 4 is 0 Å². The van der Waals surface area contributed by atoms with Crippen LogP contribution in [0.2, 0.25) is 0 Å². The van der Waals surface area contributed by atoms with Gasteiger partial charge in [-0.2, -0.15) is 14.0 Å². The second-order valence-electron chi connectivity index (χ2n) is 0.396. The number of hydrogen-bond donors (Lipinski definition) is 1. The molecule has 0 saturated carbocycles. The fraction of sp³-hybridized carbons (Fsp3) is 0. The van der Waals surface area contributed by atoms with E-state index >= 15 is 0 Å². The Morgan fingerprint density at radius 1 is 0.889 bits per heavy atom. The molecule has 0 aromatic carbocycles. The maximum Gasteiger partial charge on any atom is 0.0777 e. The van der Waals surface area contributed by atoms with Gasteiger partial charge in [-0.25, -0.2) is 0 Å². The molecule has 0 aromatic heterocycles. The fourth-order valence-corrected chi connectivity index (χ4v) is 0. The molecule has 9 heavy (non-hydrogen) atoms. The summed E-state index contributed by atoms with van der Waals surface area (Å²) in [5.74, 6) is 0. The van der Waals surface area contributed by atoms with Gasteiger partial charge in [0.2, 0.25) is 0 Å². The zero-order chi connectivity index (χ0) is 4.50. The Morgan fingerprint density at radius 3 is 0.889 bits per heavy atom. The van der Waals surface area contributed by atoms with Crippen LogP contribution in [-0.4, -0.2) is 21.1 Å². The molecule has 0 saturated heterocycles. The van der Waals surface area contributed by atoms with Crippen molar-refractivity contribution < 1.29 is 73.0 Å². The van der Waals surface area contributed by atoms with Gasteiger partial charge in [-0.3, -0.25) is 0 Å². The van der Waals surface area contributed by atoms with E-state index in [0.717, 1.165) is 0 Å². The Labute approximate surface area is 73.1 Å². The van der Waals surface area contributed by atoms with Crippen LogP contribution in [0, 0.1) is 10.2 Å². The topological polar surface area (TPSA) is 184 Å². The smallest absolute Gasteiger partial charge is 0.0777 e. The van der Waals surface area contributed by atoms with E-state index in [0.29, 0.717) is 0 Å². The van der Waals surface area contributed by atoms with Crippen molar-refractivity contribution in [2.75, 3.05) is 0 Å². The Balaban J connectivity index is -0.0000000133. The summed E-state index contributed by atoms with van der Waals surface area (Å²) in [5.41, 5.74) is 0. The van der Waals surface area contributed by atoms with Gasteiger partial charge < -0.3 is 16.4 Å². The van der Waals surface area contributed by atoms with E-state index in [9.17, 15) is 0 Å². The molecule has 0 unspecified atom stereocenters. The summed E-state index contributed by atoms with van der Waals surface area (Å²) in [6.45, 7) is 0. The number of halogens is 1. The molecular formula is H7ClHgO7. The monoisotopic (exact) mass is 356 g/mol. The zero-order valence-electron chi connectivity index (χ0n) is 4.26. The summed E-state index contributed by atoms with van der Waals surface area (Å²) in [6, 6.07) is 0. The molecule has 0 rings (SSSR count). The average molecular weight is 355 g/mol. The third-order valence-electron chi connectivity index (χ3n) is 0. The zero-order valence-corrected chi connectivity index (χ0v) is 10.5. The van der Waals surface area contributed by atoms with Gasteiger partial charge in [0.25, 0.3) is 0 Å². The van der Waals surface area contributed by atoms with Crippen LogP contribution in [0.4, 0.5) is 0 Å². The Bertz CT molecular complexity index is 24.4. The summed E-state index contributed by atoms with van der Waals surface area (Å²) >= 11 is 0. The van der Waals surface area contributed by atoms with Gasteiger partial charge in [-0.05, 0) is 0 Å². The quantitative estimate of drug-likeness (QED) is 0.424. The average Bonchev–Trinajstić information content (AvgIpc) is 0.722. The summed E-state index contributed by atoms with van der Waals surface area (Å²) in [5, 5.41) is 0. The maximum absolute atomic E-state index is 8.60. The minimum atomic E-state index is -4.69. The molecule has 0 radical (unpaired) electrons. The molecule has 0 spiro atoms. The molecule has 0 aliphatic carbocycles. The molecular weight excluding hydrogens is 348 g/mol. The van der Waals surface area contributed by atoms with E-state index < -0.39 is 10.2 Å². The van der Waals surface area contributed by atoms with Crippen molar-refractivity contribution in [3.05, 3.63) is 0 Å². The SMILES string of the molecule is O.O.O.[Hg].[O-][Cl+3]([O-])([O-])O. The first-order chi connectivity index (χ1) is 2.00. The molecule has 0 fully saturated rings. The molecule has 0 bridgehead atoms. The molecule has 0 aliphatic heterocycles. The first kappa shape index (κ1) is 32.5. The number of hydrogen-bond acceptors (Lipinski definition) is 4. The van der Waals surface area contributed by atoms with E-state index in [-0.39, 0.29) is 44.1 Å². The van der Waals surface area contributed by atoms with Crippen molar-refractivity contribution in [2.24, 2.45) is 0 Å². The molecule has 0 amide bonds. The van der Waals surface area contributed by atoms with E-state index in [1.165, 1.54) is 0 Å². The van der Waals surface area contributed by atoms with Crippen LogP contribution in [-0.2, 0) is 27.7 Å². The van der Waals surface area contributed by atoms with Crippen LogP contribution in [0.3, 0.4) is 0 Å². The van der Waals surface area contributed by atoms with Gasteiger partial charge in [0.05, 0.1) is 14.9 Å². The van der Waals surface area contributed by atoms with Gasteiger partial charge in [0.1, 0.15) is 0 Å². The summed E-state index contributed by atoms with van der Waals surface area (Å²) in [7, 11) is -4.69. The minimum absolute atomic E-state index is 0. The van der Waals surface area contributed by atoms with Crippen LogP contribution in [0.5, 0.6) is 0 Å². The van der Waals surface area contributed by atoms with Crippen molar-refractivity contribution in [3.63, 3.8) is 0 Å². The fourth-order valence-electron chi connectivity index (χ4n) is 0. The van der Waals surface area contributed by atoms with Crippen molar-refractivity contribution in [1.82, 2.24) is 0 Å². The molecule has 0 heterocycles. The van der Waals surface area contributed by atoms with Gasteiger partial charge in [-0.15, -0.1) is 0 Å².